The standard InChI is InChI=1S/C22H28N8O2/c1-5-21(26-25-13-18-16-10-6-7-11-19(16)29(4)27-18)32-14-17-15(2)9-8-12-20(17)30(24)22(31)28(3)23/h6-13H,5,14,23-24H2,1-4H3/b25-13-,26-21?. The first-order valence-corrected chi connectivity index (χ1v) is 10.1. The molecule has 0 radical (unpaired) electrons. The molecule has 0 spiro atoms. The zero-order chi connectivity index (χ0) is 23.3. The first-order valence-electron chi connectivity index (χ1n) is 10.1. The summed E-state index contributed by atoms with van der Waals surface area (Å²) >= 11 is 0. The minimum atomic E-state index is -0.548. The molecular weight excluding hydrogens is 408 g/mol. The number of rotatable bonds is 6. The van der Waals surface area contributed by atoms with Crippen LogP contribution < -0.4 is 16.7 Å². The third-order valence-electron chi connectivity index (χ3n) is 4.97. The average Bonchev–Trinajstić information content (AvgIpc) is 3.11. The number of benzene rings is 2. The Labute approximate surface area is 186 Å². The van der Waals surface area contributed by atoms with Crippen molar-refractivity contribution in [3.05, 3.63) is 59.3 Å². The van der Waals surface area contributed by atoms with Crippen molar-refractivity contribution in [1.82, 2.24) is 14.8 Å². The van der Waals surface area contributed by atoms with Gasteiger partial charge in [-0.05, 0) is 24.6 Å². The number of ether oxygens (including phenoxy) is 1. The van der Waals surface area contributed by atoms with Crippen LogP contribution in [-0.2, 0) is 18.4 Å². The van der Waals surface area contributed by atoms with Gasteiger partial charge in [0.1, 0.15) is 12.3 Å². The van der Waals surface area contributed by atoms with E-state index in [9.17, 15) is 4.79 Å². The minimum Gasteiger partial charge on any atom is -0.475 e. The van der Waals surface area contributed by atoms with Crippen LogP contribution in [0, 0.1) is 6.92 Å². The number of aromatic nitrogens is 2. The van der Waals surface area contributed by atoms with Crippen LogP contribution in [0.25, 0.3) is 10.9 Å². The molecule has 0 aliphatic carbocycles. The van der Waals surface area contributed by atoms with E-state index in [-0.39, 0.29) is 6.61 Å². The molecular formula is C22H28N8O2. The predicted molar refractivity (Wildman–Crippen MR) is 126 cm³/mol. The topological polar surface area (TPSA) is 127 Å². The summed E-state index contributed by atoms with van der Waals surface area (Å²) in [5.74, 6) is 12.0. The van der Waals surface area contributed by atoms with E-state index in [4.69, 9.17) is 16.4 Å². The molecule has 1 aromatic heterocycles. The number of amides is 2. The van der Waals surface area contributed by atoms with Crippen LogP contribution >= 0.6 is 0 Å². The zero-order valence-corrected chi connectivity index (χ0v) is 18.7. The van der Waals surface area contributed by atoms with E-state index in [1.165, 1.54) is 7.05 Å². The van der Waals surface area contributed by atoms with E-state index in [0.29, 0.717) is 18.0 Å². The third-order valence-corrected chi connectivity index (χ3v) is 4.97. The molecule has 0 unspecified atom stereocenters. The quantitative estimate of drug-likeness (QED) is 0.202. The van der Waals surface area contributed by atoms with Crippen molar-refractivity contribution in [3.8, 4) is 0 Å². The van der Waals surface area contributed by atoms with Gasteiger partial charge in [-0.3, -0.25) is 9.69 Å². The molecule has 2 amide bonds. The van der Waals surface area contributed by atoms with Gasteiger partial charge in [0, 0.05) is 31.5 Å². The summed E-state index contributed by atoms with van der Waals surface area (Å²) in [6.45, 7) is 4.01. The number of para-hydroxylation sites is 1. The summed E-state index contributed by atoms with van der Waals surface area (Å²) in [4.78, 5) is 12.2. The first kappa shape index (κ1) is 22.9. The van der Waals surface area contributed by atoms with Crippen LogP contribution in [-0.4, -0.2) is 40.0 Å². The van der Waals surface area contributed by atoms with Gasteiger partial charge >= 0.3 is 6.03 Å². The van der Waals surface area contributed by atoms with Gasteiger partial charge in [0.25, 0.3) is 0 Å². The Balaban J connectivity index is 1.77. The third kappa shape index (κ3) is 4.93. The van der Waals surface area contributed by atoms with Crippen molar-refractivity contribution >= 4 is 34.7 Å². The monoisotopic (exact) mass is 436 g/mol. The van der Waals surface area contributed by atoms with Crippen LogP contribution in [0.2, 0.25) is 0 Å². The van der Waals surface area contributed by atoms with Crippen LogP contribution in [0.4, 0.5) is 10.5 Å². The minimum absolute atomic E-state index is 0.173. The molecule has 0 atom stereocenters. The zero-order valence-electron chi connectivity index (χ0n) is 18.7. The lowest BCUT2D eigenvalue weighted by Gasteiger charge is -2.24. The van der Waals surface area contributed by atoms with E-state index in [1.807, 2.05) is 57.3 Å². The summed E-state index contributed by atoms with van der Waals surface area (Å²) in [5.41, 5.74) is 3.93. The highest BCUT2D eigenvalue weighted by atomic mass is 16.5. The maximum Gasteiger partial charge on any atom is 0.352 e. The number of aryl methyl sites for hydroxylation is 2. The highest BCUT2D eigenvalue weighted by Gasteiger charge is 2.19. The molecule has 3 aromatic rings. The number of carbonyl (C=O) groups is 1. The molecule has 10 heteroatoms. The number of nitrogens with zero attached hydrogens (tertiary/aromatic N) is 6. The Morgan fingerprint density at radius 2 is 1.97 bits per heavy atom. The average molecular weight is 437 g/mol. The molecule has 32 heavy (non-hydrogen) atoms. The number of nitrogens with two attached hydrogens (primary N) is 2. The molecule has 10 nitrogen and oxygen atoms in total. The van der Waals surface area contributed by atoms with Crippen LogP contribution in [0.15, 0.2) is 52.7 Å². The Morgan fingerprint density at radius 3 is 2.69 bits per heavy atom. The fourth-order valence-electron chi connectivity index (χ4n) is 3.22. The number of hydrogen-bond donors (Lipinski definition) is 2. The normalized spacial score (nSPS) is 11.9. The van der Waals surface area contributed by atoms with Crippen molar-refractivity contribution < 1.29 is 9.53 Å². The molecule has 0 aliphatic heterocycles. The molecule has 168 valence electrons. The van der Waals surface area contributed by atoms with Crippen LogP contribution in [0.1, 0.15) is 30.2 Å². The number of hydrazine groups is 2. The molecule has 0 saturated heterocycles. The van der Waals surface area contributed by atoms with E-state index < -0.39 is 6.03 Å². The van der Waals surface area contributed by atoms with Gasteiger partial charge in [0.15, 0.2) is 0 Å². The molecule has 3 rings (SSSR count). The van der Waals surface area contributed by atoms with E-state index >= 15 is 0 Å². The van der Waals surface area contributed by atoms with Crippen molar-refractivity contribution in [2.24, 2.45) is 28.9 Å². The molecule has 2 aromatic carbocycles. The molecule has 0 aliphatic rings. The predicted octanol–water partition coefficient (Wildman–Crippen LogP) is 2.85. The van der Waals surface area contributed by atoms with Crippen molar-refractivity contribution in [2.75, 3.05) is 12.1 Å². The maximum absolute atomic E-state index is 12.2. The van der Waals surface area contributed by atoms with Gasteiger partial charge in [-0.15, -0.1) is 5.10 Å². The smallest absolute Gasteiger partial charge is 0.352 e. The number of fused-ring (bicyclic) bond motifs is 1. The SMILES string of the molecule is CCC(=N/N=C\c1nn(C)c2ccccc12)OCc1c(C)cccc1N(N)C(=O)N(C)N. The van der Waals surface area contributed by atoms with E-state index in [0.717, 1.165) is 37.7 Å². The van der Waals surface area contributed by atoms with Crippen LogP contribution in [0.3, 0.4) is 0 Å². The second-order valence-corrected chi connectivity index (χ2v) is 7.24. The van der Waals surface area contributed by atoms with Crippen molar-refractivity contribution in [3.63, 3.8) is 0 Å². The summed E-state index contributed by atoms with van der Waals surface area (Å²) in [5, 5.41) is 15.8. The molecule has 4 N–H and O–H groups in total. The summed E-state index contributed by atoms with van der Waals surface area (Å²) in [7, 11) is 3.32. The van der Waals surface area contributed by atoms with Gasteiger partial charge in [0.05, 0.1) is 17.4 Å². The second-order valence-electron chi connectivity index (χ2n) is 7.24. The lowest BCUT2D eigenvalue weighted by molar-refractivity contribution is 0.216. The largest absolute Gasteiger partial charge is 0.475 e. The molecule has 0 fully saturated rings. The second kappa shape index (κ2) is 10.0. The summed E-state index contributed by atoms with van der Waals surface area (Å²) < 4.78 is 7.69. The summed E-state index contributed by atoms with van der Waals surface area (Å²) in [6, 6.07) is 12.8. The Morgan fingerprint density at radius 1 is 1.22 bits per heavy atom. The number of carbonyl (C=O) groups excluding carboxylic acids is 1. The van der Waals surface area contributed by atoms with Gasteiger partial charge < -0.3 is 4.74 Å². The Hall–Kier alpha value is -3.76. The van der Waals surface area contributed by atoms with Crippen molar-refractivity contribution in [1.29, 1.82) is 0 Å². The summed E-state index contributed by atoms with van der Waals surface area (Å²) in [6.07, 6.45) is 2.15. The van der Waals surface area contributed by atoms with Crippen molar-refractivity contribution in [2.45, 2.75) is 26.9 Å². The Bertz CT molecular complexity index is 1170. The number of urea groups is 1. The molecule has 1 heterocycles. The van der Waals surface area contributed by atoms with Crippen LogP contribution in [0.5, 0.6) is 0 Å². The van der Waals surface area contributed by atoms with E-state index in [2.05, 4.69) is 15.3 Å². The number of anilines is 1. The highest BCUT2D eigenvalue weighted by Crippen LogP contribution is 2.24. The maximum atomic E-state index is 12.2. The highest BCUT2D eigenvalue weighted by molar-refractivity contribution is 5.97. The van der Waals surface area contributed by atoms with Gasteiger partial charge in [-0.2, -0.15) is 10.2 Å². The fraction of sp³-hybridized carbons (Fsp3) is 0.273. The fourth-order valence-corrected chi connectivity index (χ4v) is 3.22. The van der Waals surface area contributed by atoms with Gasteiger partial charge in [-0.25, -0.2) is 21.5 Å². The molecule has 0 bridgehead atoms. The molecule has 0 saturated carbocycles. The van der Waals surface area contributed by atoms with Gasteiger partial charge in [-0.1, -0.05) is 37.3 Å². The number of hydrogen-bond acceptors (Lipinski definition) is 7. The van der Waals surface area contributed by atoms with Gasteiger partial charge in [0.2, 0.25) is 5.90 Å². The lowest BCUT2D eigenvalue weighted by atomic mass is 10.1. The Kier molecular flexibility index (Phi) is 7.18. The van der Waals surface area contributed by atoms with E-state index in [1.54, 1.807) is 17.0 Å². The lowest BCUT2D eigenvalue weighted by Crippen LogP contribution is -2.49. The first-order chi connectivity index (χ1) is 15.3.